The first-order valence-corrected chi connectivity index (χ1v) is 6.98. The Morgan fingerprint density at radius 1 is 1.35 bits per heavy atom. The molecule has 0 aliphatic carbocycles. The van der Waals surface area contributed by atoms with E-state index < -0.39 is 0 Å². The van der Waals surface area contributed by atoms with Crippen LogP contribution >= 0.6 is 0 Å². The average Bonchev–Trinajstić information content (AvgIpc) is 3.09. The van der Waals surface area contributed by atoms with Gasteiger partial charge in [-0.25, -0.2) is 9.67 Å². The van der Waals surface area contributed by atoms with E-state index in [9.17, 15) is 0 Å². The second-order valence-electron chi connectivity index (χ2n) is 5.42. The third kappa shape index (κ3) is 2.65. The Balaban J connectivity index is 1.84. The van der Waals surface area contributed by atoms with Gasteiger partial charge in [0.25, 0.3) is 0 Å². The third-order valence-corrected chi connectivity index (χ3v) is 3.58. The van der Waals surface area contributed by atoms with Crippen LogP contribution in [-0.4, -0.2) is 57.9 Å². The zero-order chi connectivity index (χ0) is 13.9. The number of hydrogen-bond acceptors (Lipinski definition) is 5. The number of likely N-dealkylation sites (N-methyl/N-ethyl adjacent to an activating group) is 1. The first kappa shape index (κ1) is 13.1. The van der Waals surface area contributed by atoms with Gasteiger partial charge in [0.2, 0.25) is 5.95 Å². The summed E-state index contributed by atoms with van der Waals surface area (Å²) in [6, 6.07) is 4.28. The number of rotatable bonds is 4. The normalized spacial score (nSPS) is 18.9. The van der Waals surface area contributed by atoms with Crippen LogP contribution in [0.1, 0.15) is 12.8 Å². The minimum absolute atomic E-state index is 0.498. The summed E-state index contributed by atoms with van der Waals surface area (Å²) in [7, 11) is 4.22. The van der Waals surface area contributed by atoms with Crippen LogP contribution in [0, 0.1) is 0 Å². The third-order valence-electron chi connectivity index (χ3n) is 3.58. The van der Waals surface area contributed by atoms with Crippen molar-refractivity contribution in [3.8, 4) is 5.82 Å². The van der Waals surface area contributed by atoms with E-state index in [1.54, 1.807) is 10.9 Å². The summed E-state index contributed by atoms with van der Waals surface area (Å²) < 4.78 is 1.77. The molecule has 0 bridgehead atoms. The summed E-state index contributed by atoms with van der Waals surface area (Å²) in [6.45, 7) is 2.07. The molecule has 0 amide bonds. The van der Waals surface area contributed by atoms with E-state index in [1.165, 1.54) is 12.8 Å². The standard InChI is InChI=1S/C14H20N6/c1-18(2)11-12-5-3-9-19(12)14-15-8-6-13(17-14)20-10-4-7-16-20/h4,6-8,10,12H,3,5,9,11H2,1-2H3/t12-/m1/s1. The van der Waals surface area contributed by atoms with Crippen molar-refractivity contribution in [3.05, 3.63) is 30.7 Å². The molecule has 3 heterocycles. The Kier molecular flexibility index (Phi) is 3.64. The predicted octanol–water partition coefficient (Wildman–Crippen LogP) is 1.19. The lowest BCUT2D eigenvalue weighted by Crippen LogP contribution is -2.38. The zero-order valence-electron chi connectivity index (χ0n) is 12.0. The van der Waals surface area contributed by atoms with Crippen molar-refractivity contribution in [2.75, 3.05) is 32.1 Å². The molecule has 6 heteroatoms. The quantitative estimate of drug-likeness (QED) is 0.837. The lowest BCUT2D eigenvalue weighted by molar-refractivity contribution is 0.371. The van der Waals surface area contributed by atoms with Gasteiger partial charge < -0.3 is 9.80 Å². The molecule has 0 unspecified atom stereocenters. The maximum absolute atomic E-state index is 4.65. The lowest BCUT2D eigenvalue weighted by atomic mass is 10.2. The fourth-order valence-electron chi connectivity index (χ4n) is 2.72. The minimum Gasteiger partial charge on any atom is -0.336 e. The SMILES string of the molecule is CN(C)C[C@H]1CCCN1c1nccc(-n2cccn2)n1. The first-order valence-electron chi connectivity index (χ1n) is 6.98. The maximum Gasteiger partial charge on any atom is 0.227 e. The second kappa shape index (κ2) is 5.58. The molecule has 3 rings (SSSR count). The highest BCUT2D eigenvalue weighted by molar-refractivity contribution is 5.37. The molecule has 0 spiro atoms. The van der Waals surface area contributed by atoms with Gasteiger partial charge in [-0.05, 0) is 33.0 Å². The molecule has 1 atom stereocenters. The fourth-order valence-corrected chi connectivity index (χ4v) is 2.72. The van der Waals surface area contributed by atoms with E-state index in [2.05, 4.69) is 39.0 Å². The van der Waals surface area contributed by atoms with Gasteiger partial charge >= 0.3 is 0 Å². The van der Waals surface area contributed by atoms with E-state index >= 15 is 0 Å². The van der Waals surface area contributed by atoms with Crippen LogP contribution in [0.2, 0.25) is 0 Å². The van der Waals surface area contributed by atoms with Gasteiger partial charge in [-0.2, -0.15) is 10.1 Å². The fraction of sp³-hybridized carbons (Fsp3) is 0.500. The van der Waals surface area contributed by atoms with Gasteiger partial charge in [0, 0.05) is 43.8 Å². The van der Waals surface area contributed by atoms with E-state index in [1.807, 2.05) is 24.5 Å². The van der Waals surface area contributed by atoms with Gasteiger partial charge in [0.15, 0.2) is 5.82 Å². The number of nitrogens with zero attached hydrogens (tertiary/aromatic N) is 6. The van der Waals surface area contributed by atoms with E-state index in [0.29, 0.717) is 6.04 Å². The molecule has 0 saturated carbocycles. The first-order chi connectivity index (χ1) is 9.74. The molecule has 2 aromatic heterocycles. The van der Waals surface area contributed by atoms with E-state index in [4.69, 9.17) is 0 Å². The largest absolute Gasteiger partial charge is 0.336 e. The average molecular weight is 272 g/mol. The zero-order valence-corrected chi connectivity index (χ0v) is 12.0. The molecule has 1 fully saturated rings. The van der Waals surface area contributed by atoms with Gasteiger partial charge in [-0.1, -0.05) is 0 Å². The molecule has 2 aromatic rings. The summed E-state index contributed by atoms with van der Waals surface area (Å²) >= 11 is 0. The highest BCUT2D eigenvalue weighted by Crippen LogP contribution is 2.23. The maximum atomic E-state index is 4.65. The Labute approximate surface area is 119 Å². The molecule has 0 N–H and O–H groups in total. The molecular formula is C14H20N6. The molecular weight excluding hydrogens is 252 g/mol. The number of aromatic nitrogens is 4. The minimum atomic E-state index is 0.498. The van der Waals surface area contributed by atoms with Crippen molar-refractivity contribution in [2.45, 2.75) is 18.9 Å². The van der Waals surface area contributed by atoms with Crippen LogP contribution < -0.4 is 4.90 Å². The van der Waals surface area contributed by atoms with Crippen molar-refractivity contribution in [1.82, 2.24) is 24.6 Å². The molecule has 0 aromatic carbocycles. The van der Waals surface area contributed by atoms with Crippen molar-refractivity contribution >= 4 is 5.95 Å². The van der Waals surface area contributed by atoms with Crippen LogP contribution in [0.3, 0.4) is 0 Å². The highest BCUT2D eigenvalue weighted by Gasteiger charge is 2.27. The Bertz CT molecular complexity index is 551. The van der Waals surface area contributed by atoms with Crippen molar-refractivity contribution in [1.29, 1.82) is 0 Å². The van der Waals surface area contributed by atoms with Crippen LogP contribution in [0.5, 0.6) is 0 Å². The summed E-state index contributed by atoms with van der Waals surface area (Å²) in [5, 5.41) is 4.22. The second-order valence-corrected chi connectivity index (χ2v) is 5.42. The topological polar surface area (TPSA) is 50.1 Å². The summed E-state index contributed by atoms with van der Waals surface area (Å²) in [6.07, 6.45) is 7.87. The molecule has 6 nitrogen and oxygen atoms in total. The Morgan fingerprint density at radius 2 is 2.25 bits per heavy atom. The summed E-state index contributed by atoms with van der Waals surface area (Å²) in [5.41, 5.74) is 0. The van der Waals surface area contributed by atoms with E-state index in [-0.39, 0.29) is 0 Å². The monoisotopic (exact) mass is 272 g/mol. The molecule has 106 valence electrons. The predicted molar refractivity (Wildman–Crippen MR) is 78.1 cm³/mol. The number of hydrogen-bond donors (Lipinski definition) is 0. The Hall–Kier alpha value is -1.95. The van der Waals surface area contributed by atoms with Crippen LogP contribution in [0.15, 0.2) is 30.7 Å². The smallest absolute Gasteiger partial charge is 0.227 e. The Morgan fingerprint density at radius 3 is 3.00 bits per heavy atom. The van der Waals surface area contributed by atoms with Crippen LogP contribution in [0.4, 0.5) is 5.95 Å². The molecule has 1 aliphatic heterocycles. The van der Waals surface area contributed by atoms with Crippen molar-refractivity contribution in [2.24, 2.45) is 0 Å². The van der Waals surface area contributed by atoms with Gasteiger partial charge in [0.05, 0.1) is 0 Å². The van der Waals surface area contributed by atoms with Gasteiger partial charge in [0.1, 0.15) is 0 Å². The summed E-state index contributed by atoms with van der Waals surface area (Å²) in [5.74, 6) is 1.62. The molecule has 1 aliphatic rings. The van der Waals surface area contributed by atoms with Gasteiger partial charge in [-0.15, -0.1) is 0 Å². The van der Waals surface area contributed by atoms with Crippen LogP contribution in [0.25, 0.3) is 5.82 Å². The van der Waals surface area contributed by atoms with Crippen LogP contribution in [-0.2, 0) is 0 Å². The van der Waals surface area contributed by atoms with Crippen molar-refractivity contribution in [3.63, 3.8) is 0 Å². The molecule has 1 saturated heterocycles. The number of anilines is 1. The van der Waals surface area contributed by atoms with E-state index in [0.717, 1.165) is 24.9 Å². The highest BCUT2D eigenvalue weighted by atomic mass is 15.3. The van der Waals surface area contributed by atoms with Gasteiger partial charge in [-0.3, -0.25) is 0 Å². The van der Waals surface area contributed by atoms with Crippen molar-refractivity contribution < 1.29 is 0 Å². The molecule has 20 heavy (non-hydrogen) atoms. The summed E-state index contributed by atoms with van der Waals surface area (Å²) in [4.78, 5) is 13.6. The molecule has 0 radical (unpaired) electrons. The lowest BCUT2D eigenvalue weighted by Gasteiger charge is -2.27.